The molecule has 0 bridgehead atoms. The monoisotopic (exact) mass is 655 g/mol. The van der Waals surface area contributed by atoms with Crippen LogP contribution in [0.4, 0.5) is 4.79 Å². The van der Waals surface area contributed by atoms with E-state index in [1.54, 1.807) is 0 Å². The maximum Gasteiger partial charge on any atom is 0.411 e. The molecule has 4 atom stereocenters. The Morgan fingerprint density at radius 1 is 0.667 bits per heavy atom. The summed E-state index contributed by atoms with van der Waals surface area (Å²) in [5.41, 5.74) is 2.59. The number of allylic oxidation sites excluding steroid dienone is 1. The van der Waals surface area contributed by atoms with Gasteiger partial charge in [-0.25, -0.2) is 4.79 Å². The summed E-state index contributed by atoms with van der Waals surface area (Å²) in [6.07, 6.45) is 11.0. The van der Waals surface area contributed by atoms with Crippen LogP contribution in [0.1, 0.15) is 95.2 Å². The number of rotatable bonds is 20. The topological polar surface area (TPSA) is 57.2 Å². The lowest BCUT2D eigenvalue weighted by atomic mass is 10.0. The van der Waals surface area contributed by atoms with Crippen molar-refractivity contribution in [3.63, 3.8) is 0 Å². The molecule has 1 aliphatic heterocycles. The molecule has 0 aliphatic carbocycles. The highest BCUT2D eigenvalue weighted by Gasteiger charge is 2.53. The Hall–Kier alpha value is -3.45. The average Bonchev–Trinajstić information content (AvgIpc) is 3.38. The van der Waals surface area contributed by atoms with E-state index in [-0.39, 0.29) is 24.3 Å². The summed E-state index contributed by atoms with van der Waals surface area (Å²) in [5.74, 6) is 0. The second-order valence-corrected chi connectivity index (χ2v) is 13.9. The third-order valence-corrected chi connectivity index (χ3v) is 8.78. The lowest BCUT2D eigenvalue weighted by molar-refractivity contribution is -0.0869. The van der Waals surface area contributed by atoms with Crippen LogP contribution in [-0.4, -0.2) is 47.5 Å². The number of hydrogen-bond acceptors (Lipinski definition) is 5. The molecule has 1 aliphatic rings. The molecule has 0 aromatic heterocycles. The van der Waals surface area contributed by atoms with E-state index in [4.69, 9.17) is 18.9 Å². The molecule has 6 nitrogen and oxygen atoms in total. The summed E-state index contributed by atoms with van der Waals surface area (Å²) in [4.78, 5) is 16.0. The zero-order valence-corrected chi connectivity index (χ0v) is 29.4. The van der Waals surface area contributed by atoms with Crippen molar-refractivity contribution in [3.8, 4) is 0 Å². The van der Waals surface area contributed by atoms with Crippen molar-refractivity contribution in [1.29, 1.82) is 0 Å². The highest BCUT2D eigenvalue weighted by molar-refractivity contribution is 5.70. The van der Waals surface area contributed by atoms with Gasteiger partial charge in [-0.3, -0.25) is 4.90 Å². The van der Waals surface area contributed by atoms with E-state index < -0.39 is 11.7 Å². The Morgan fingerprint density at radius 3 is 1.62 bits per heavy atom. The van der Waals surface area contributed by atoms with Gasteiger partial charge in [0.2, 0.25) is 0 Å². The van der Waals surface area contributed by atoms with Crippen molar-refractivity contribution in [3.05, 3.63) is 120 Å². The molecule has 6 heteroatoms. The van der Waals surface area contributed by atoms with Gasteiger partial charge in [0.05, 0.1) is 38.5 Å². The highest BCUT2D eigenvalue weighted by Crippen LogP contribution is 2.36. The van der Waals surface area contributed by atoms with Gasteiger partial charge in [0.25, 0.3) is 0 Å². The second-order valence-electron chi connectivity index (χ2n) is 13.9. The van der Waals surface area contributed by atoms with Gasteiger partial charge >= 0.3 is 6.09 Å². The van der Waals surface area contributed by atoms with Crippen LogP contribution in [0.3, 0.4) is 0 Å². The molecule has 3 aromatic rings. The summed E-state index contributed by atoms with van der Waals surface area (Å²) < 4.78 is 26.0. The van der Waals surface area contributed by atoms with Gasteiger partial charge in [0.1, 0.15) is 17.8 Å². The second kappa shape index (κ2) is 20.2. The van der Waals surface area contributed by atoms with E-state index in [0.29, 0.717) is 26.4 Å². The minimum atomic E-state index is -0.647. The summed E-state index contributed by atoms with van der Waals surface area (Å²) in [6.45, 7) is 11.2. The van der Waals surface area contributed by atoms with Crippen molar-refractivity contribution in [1.82, 2.24) is 4.90 Å². The number of carbonyl (C=O) groups is 1. The molecule has 1 saturated heterocycles. The van der Waals surface area contributed by atoms with E-state index in [2.05, 4.69) is 43.0 Å². The van der Waals surface area contributed by atoms with Crippen molar-refractivity contribution < 1.29 is 23.7 Å². The fourth-order valence-corrected chi connectivity index (χ4v) is 6.41. The Morgan fingerprint density at radius 2 is 1.12 bits per heavy atom. The summed E-state index contributed by atoms with van der Waals surface area (Å²) in [6, 6.07) is 29.9. The highest BCUT2D eigenvalue weighted by atomic mass is 16.6. The normalized spacial score (nSPS) is 19.4. The Kier molecular flexibility index (Phi) is 15.7. The minimum absolute atomic E-state index is 0.220. The molecule has 48 heavy (non-hydrogen) atoms. The molecule has 0 spiro atoms. The Labute approximate surface area is 289 Å². The van der Waals surface area contributed by atoms with Crippen LogP contribution in [0, 0.1) is 0 Å². The predicted molar refractivity (Wildman–Crippen MR) is 194 cm³/mol. The van der Waals surface area contributed by atoms with Crippen molar-refractivity contribution in [2.45, 2.75) is 128 Å². The maximum absolute atomic E-state index is 14.1. The minimum Gasteiger partial charge on any atom is -0.444 e. The number of carbonyl (C=O) groups excluding carboxylic acids is 1. The fourth-order valence-electron chi connectivity index (χ4n) is 6.41. The van der Waals surface area contributed by atoms with Crippen molar-refractivity contribution in [2.75, 3.05) is 6.61 Å². The summed E-state index contributed by atoms with van der Waals surface area (Å²) in [7, 11) is 0. The van der Waals surface area contributed by atoms with Crippen LogP contribution in [0.2, 0.25) is 0 Å². The summed E-state index contributed by atoms with van der Waals surface area (Å²) >= 11 is 0. The third kappa shape index (κ3) is 12.5. The van der Waals surface area contributed by atoms with Gasteiger partial charge in [-0.1, -0.05) is 136 Å². The zero-order valence-electron chi connectivity index (χ0n) is 29.4. The molecule has 3 aromatic carbocycles. The largest absolute Gasteiger partial charge is 0.444 e. The smallest absolute Gasteiger partial charge is 0.411 e. The molecule has 0 radical (unpaired) electrons. The lowest BCUT2D eigenvalue weighted by Crippen LogP contribution is -2.48. The van der Waals surface area contributed by atoms with Gasteiger partial charge < -0.3 is 18.9 Å². The number of likely N-dealkylation sites (tertiary alicyclic amines) is 1. The van der Waals surface area contributed by atoms with Gasteiger partial charge in [-0.2, -0.15) is 0 Å². The van der Waals surface area contributed by atoms with E-state index >= 15 is 0 Å². The fraction of sp³-hybridized carbons (Fsp3) is 0.500. The molecule has 0 N–H and O–H groups in total. The first-order valence-electron chi connectivity index (χ1n) is 17.9. The average molecular weight is 656 g/mol. The van der Waals surface area contributed by atoms with Crippen LogP contribution in [-0.2, 0) is 38.8 Å². The van der Waals surface area contributed by atoms with Crippen molar-refractivity contribution in [2.24, 2.45) is 0 Å². The molecular weight excluding hydrogens is 598 g/mol. The number of amides is 1. The predicted octanol–water partition coefficient (Wildman–Crippen LogP) is 10.1. The zero-order chi connectivity index (χ0) is 34.0. The van der Waals surface area contributed by atoms with Crippen LogP contribution >= 0.6 is 0 Å². The van der Waals surface area contributed by atoms with Gasteiger partial charge in [0.15, 0.2) is 0 Å². The van der Waals surface area contributed by atoms with Gasteiger partial charge in [0, 0.05) is 0 Å². The Balaban J connectivity index is 1.58. The molecule has 1 amide bonds. The molecule has 0 saturated carbocycles. The number of nitrogens with zero attached hydrogens (tertiary/aromatic N) is 1. The van der Waals surface area contributed by atoms with Crippen LogP contribution in [0.5, 0.6) is 0 Å². The third-order valence-electron chi connectivity index (χ3n) is 8.78. The maximum atomic E-state index is 14.1. The lowest BCUT2D eigenvalue weighted by Gasteiger charge is -2.33. The van der Waals surface area contributed by atoms with Crippen molar-refractivity contribution >= 4 is 6.09 Å². The molecule has 4 rings (SSSR count). The van der Waals surface area contributed by atoms with E-state index in [9.17, 15) is 4.79 Å². The van der Waals surface area contributed by atoms with Crippen LogP contribution in [0.15, 0.2) is 104 Å². The molecule has 1 fully saturated rings. The number of ether oxygens (including phenoxy) is 4. The molecule has 0 unspecified atom stereocenters. The standard InChI is InChI=1S/C42H57NO5/c1-5-6-7-8-9-10-11-12-22-29-37-39(46-31-35-25-18-14-19-26-35)40(47-32-36-27-20-15-21-28-36)38(43(37)41(44)48-42(2,3)4)33-45-30-34-23-16-13-17-24-34/h5,13-21,23-28,37-40H,1,6-12,22,29-33H2,2-4H3/t37-,38-,39-,40-/m1/s1. The van der Waals surface area contributed by atoms with E-state index in [0.717, 1.165) is 42.4 Å². The summed E-state index contributed by atoms with van der Waals surface area (Å²) in [5, 5.41) is 0. The van der Waals surface area contributed by atoms with Gasteiger partial charge in [-0.15, -0.1) is 6.58 Å². The number of unbranched alkanes of at least 4 members (excludes halogenated alkanes) is 7. The van der Waals surface area contributed by atoms with Crippen LogP contribution < -0.4 is 0 Å². The van der Waals surface area contributed by atoms with Gasteiger partial charge in [-0.05, 0) is 56.7 Å². The Bertz CT molecular complexity index is 1310. The van der Waals surface area contributed by atoms with Crippen LogP contribution in [0.25, 0.3) is 0 Å². The first kappa shape index (κ1) is 37.4. The number of hydrogen-bond donors (Lipinski definition) is 0. The SMILES string of the molecule is C=CCCCCCCCCC[C@@H]1[C@@H](OCc2ccccc2)[C@H](OCc2ccccc2)[C@@H](COCc2ccccc2)N1C(=O)OC(C)(C)C. The number of benzene rings is 3. The molecule has 260 valence electrons. The molecule has 1 heterocycles. The van der Waals surface area contributed by atoms with E-state index in [1.165, 1.54) is 32.1 Å². The molecular formula is C42H57NO5. The first-order valence-corrected chi connectivity index (χ1v) is 17.9. The quantitative estimate of drug-likeness (QED) is 0.0896. The first-order chi connectivity index (χ1) is 23.4. The van der Waals surface area contributed by atoms with E-state index in [1.807, 2.05) is 86.3 Å².